The predicted octanol–water partition coefficient (Wildman–Crippen LogP) is 4.57. The molecule has 0 amide bonds. The predicted molar refractivity (Wildman–Crippen MR) is 111 cm³/mol. The van der Waals surface area contributed by atoms with E-state index in [4.69, 9.17) is 16.3 Å². The Balaban J connectivity index is 1.59. The fourth-order valence-electron chi connectivity index (χ4n) is 4.63. The van der Waals surface area contributed by atoms with Crippen molar-refractivity contribution in [3.05, 3.63) is 27.0 Å². The molecule has 0 atom stereocenters. The Morgan fingerprint density at radius 1 is 1.36 bits per heavy atom. The first kappa shape index (κ1) is 21.3. The van der Waals surface area contributed by atoms with Crippen molar-refractivity contribution in [2.45, 2.75) is 77.0 Å². The molecular weight excluding hydrogens is 380 g/mol. The molecule has 0 aromatic carbocycles. The Hall–Kier alpha value is -1.44. The van der Waals surface area contributed by atoms with Gasteiger partial charge in [-0.25, -0.2) is 4.98 Å². The lowest BCUT2D eigenvalue weighted by Gasteiger charge is -2.48. The van der Waals surface area contributed by atoms with Crippen molar-refractivity contribution in [2.75, 3.05) is 25.0 Å². The molecule has 0 radical (unpaired) electrons. The molecule has 0 bridgehead atoms. The van der Waals surface area contributed by atoms with Gasteiger partial charge in [-0.2, -0.15) is 0 Å². The largest absolute Gasteiger partial charge is 0.379 e. The van der Waals surface area contributed by atoms with Crippen LogP contribution in [-0.2, 0) is 4.74 Å². The zero-order chi connectivity index (χ0) is 20.3. The number of anilines is 1. The average molecular weight is 411 g/mol. The van der Waals surface area contributed by atoms with Crippen LogP contribution in [0.15, 0.2) is 6.07 Å². The Kier molecular flexibility index (Phi) is 6.78. The molecule has 0 unspecified atom stereocenters. The van der Waals surface area contributed by atoms with E-state index < -0.39 is 4.92 Å². The molecule has 1 saturated heterocycles. The zero-order valence-electron chi connectivity index (χ0n) is 17.0. The number of nitro groups is 1. The highest BCUT2D eigenvalue weighted by atomic mass is 35.5. The van der Waals surface area contributed by atoms with Crippen molar-refractivity contribution in [1.29, 1.82) is 0 Å². The van der Waals surface area contributed by atoms with E-state index in [1.807, 2.05) is 0 Å². The zero-order valence-corrected chi connectivity index (χ0v) is 17.8. The number of pyridine rings is 1. The number of hydrogen-bond acceptors (Lipinski definition) is 6. The summed E-state index contributed by atoms with van der Waals surface area (Å²) in [4.78, 5) is 17.6. The fourth-order valence-corrected chi connectivity index (χ4v) is 4.93. The monoisotopic (exact) mass is 410 g/mol. The maximum absolute atomic E-state index is 11.4. The highest BCUT2D eigenvalue weighted by Gasteiger charge is 2.38. The van der Waals surface area contributed by atoms with E-state index in [-0.39, 0.29) is 22.4 Å². The molecule has 1 aromatic rings. The number of rotatable bonds is 6. The number of nitrogens with zero attached hydrogens (tertiary/aromatic N) is 3. The molecule has 156 valence electrons. The summed E-state index contributed by atoms with van der Waals surface area (Å²) in [5.41, 5.74) is 1.26. The molecule has 2 aliphatic rings. The van der Waals surface area contributed by atoms with E-state index in [1.165, 1.54) is 12.8 Å². The molecule has 1 aliphatic heterocycles. The van der Waals surface area contributed by atoms with Crippen LogP contribution >= 0.6 is 11.6 Å². The summed E-state index contributed by atoms with van der Waals surface area (Å²) in [6.45, 7) is 9.02. The van der Waals surface area contributed by atoms with Crippen LogP contribution in [0.3, 0.4) is 0 Å². The molecule has 1 N–H and O–H groups in total. The van der Waals surface area contributed by atoms with Crippen molar-refractivity contribution in [3.8, 4) is 0 Å². The average Bonchev–Trinajstić information content (AvgIpc) is 2.63. The van der Waals surface area contributed by atoms with Gasteiger partial charge in [-0.3, -0.25) is 15.0 Å². The van der Waals surface area contributed by atoms with Gasteiger partial charge in [0.1, 0.15) is 5.69 Å². The van der Waals surface area contributed by atoms with Crippen LogP contribution < -0.4 is 5.32 Å². The fraction of sp³-hybridized carbons (Fsp3) is 0.750. The van der Waals surface area contributed by atoms with Gasteiger partial charge in [-0.15, -0.1) is 0 Å². The topological polar surface area (TPSA) is 80.5 Å². The summed E-state index contributed by atoms with van der Waals surface area (Å²) in [5, 5.41) is 14.7. The molecule has 1 aliphatic carbocycles. The minimum absolute atomic E-state index is 0.0523. The Labute approximate surface area is 171 Å². The first-order valence-electron chi connectivity index (χ1n) is 10.3. The van der Waals surface area contributed by atoms with Crippen LogP contribution in [0.25, 0.3) is 0 Å². The van der Waals surface area contributed by atoms with Crippen LogP contribution in [0.5, 0.6) is 0 Å². The summed E-state index contributed by atoms with van der Waals surface area (Å²) in [5.74, 6) is 0. The lowest BCUT2D eigenvalue weighted by molar-refractivity contribution is -0.384. The maximum atomic E-state index is 11.4. The maximum Gasteiger partial charge on any atom is 0.329 e. The summed E-state index contributed by atoms with van der Waals surface area (Å²) in [7, 11) is 0. The third-order valence-electron chi connectivity index (χ3n) is 6.29. The second-order valence-corrected chi connectivity index (χ2v) is 8.62. The van der Waals surface area contributed by atoms with Crippen molar-refractivity contribution in [1.82, 2.24) is 9.88 Å². The summed E-state index contributed by atoms with van der Waals surface area (Å²) in [6.07, 6.45) is 6.92. The van der Waals surface area contributed by atoms with Gasteiger partial charge in [0.15, 0.2) is 0 Å². The van der Waals surface area contributed by atoms with E-state index >= 15 is 0 Å². The molecule has 1 aromatic heterocycles. The van der Waals surface area contributed by atoms with Gasteiger partial charge in [0, 0.05) is 37.0 Å². The van der Waals surface area contributed by atoms with Crippen LogP contribution in [0.1, 0.15) is 58.1 Å². The number of hydrogen-bond donors (Lipinski definition) is 1. The molecular formula is C20H31ClN4O3. The highest BCUT2D eigenvalue weighted by molar-refractivity contribution is 6.32. The molecule has 8 heteroatoms. The molecule has 1 saturated carbocycles. The van der Waals surface area contributed by atoms with Gasteiger partial charge in [-0.05, 0) is 65.4 Å². The van der Waals surface area contributed by atoms with E-state index in [9.17, 15) is 10.1 Å². The number of ether oxygens (including phenoxy) is 1. The second kappa shape index (κ2) is 8.93. The number of nitrogens with one attached hydrogen (secondary N) is 1. The number of aryl methyl sites for hydroxylation is 1. The van der Waals surface area contributed by atoms with Crippen LogP contribution in [-0.4, -0.2) is 52.2 Å². The van der Waals surface area contributed by atoms with Gasteiger partial charge in [0.2, 0.25) is 5.15 Å². The third kappa shape index (κ3) is 4.75. The molecule has 0 spiro atoms. The lowest BCUT2D eigenvalue weighted by Crippen LogP contribution is -2.53. The third-order valence-corrected chi connectivity index (χ3v) is 6.55. The van der Waals surface area contributed by atoms with E-state index in [2.05, 4.69) is 29.0 Å². The Bertz CT molecular complexity index is 699. The molecule has 3 rings (SSSR count). The summed E-state index contributed by atoms with van der Waals surface area (Å²) >= 11 is 6.01. The Morgan fingerprint density at radius 2 is 2.00 bits per heavy atom. The number of likely N-dealkylation sites (tertiary alicyclic amines) is 1. The minimum Gasteiger partial charge on any atom is -0.379 e. The van der Waals surface area contributed by atoms with Gasteiger partial charge < -0.3 is 10.1 Å². The highest BCUT2D eigenvalue weighted by Crippen LogP contribution is 2.37. The van der Waals surface area contributed by atoms with Crippen LogP contribution in [0.4, 0.5) is 11.4 Å². The molecule has 28 heavy (non-hydrogen) atoms. The Morgan fingerprint density at radius 3 is 2.57 bits per heavy atom. The summed E-state index contributed by atoms with van der Waals surface area (Å²) in [6, 6.07) is 1.92. The van der Waals surface area contributed by atoms with Crippen molar-refractivity contribution in [3.63, 3.8) is 0 Å². The summed E-state index contributed by atoms with van der Waals surface area (Å²) < 4.78 is 5.80. The normalized spacial score (nSPS) is 26.9. The van der Waals surface area contributed by atoms with Gasteiger partial charge in [0.25, 0.3) is 0 Å². The van der Waals surface area contributed by atoms with Crippen molar-refractivity contribution in [2.24, 2.45) is 0 Å². The number of aromatic nitrogens is 1. The molecule has 2 fully saturated rings. The van der Waals surface area contributed by atoms with Crippen molar-refractivity contribution < 1.29 is 9.66 Å². The van der Waals surface area contributed by atoms with Gasteiger partial charge in [-0.1, -0.05) is 11.6 Å². The first-order valence-corrected chi connectivity index (χ1v) is 10.6. The van der Waals surface area contributed by atoms with Crippen LogP contribution in [0, 0.1) is 17.0 Å². The smallest absolute Gasteiger partial charge is 0.329 e. The molecule has 7 nitrogen and oxygen atoms in total. The molecule has 2 heterocycles. The van der Waals surface area contributed by atoms with E-state index in [0.717, 1.165) is 45.4 Å². The van der Waals surface area contributed by atoms with Crippen LogP contribution in [0.2, 0.25) is 5.15 Å². The van der Waals surface area contributed by atoms with Gasteiger partial charge in [0.05, 0.1) is 11.0 Å². The van der Waals surface area contributed by atoms with Crippen molar-refractivity contribution >= 4 is 23.0 Å². The number of halogens is 1. The quantitative estimate of drug-likeness (QED) is 0.420. The van der Waals surface area contributed by atoms with E-state index in [1.54, 1.807) is 13.0 Å². The lowest BCUT2D eigenvalue weighted by atomic mass is 9.79. The van der Waals surface area contributed by atoms with Gasteiger partial charge >= 0.3 is 5.69 Å². The second-order valence-electron chi connectivity index (χ2n) is 8.27. The minimum atomic E-state index is -0.454. The first-order chi connectivity index (χ1) is 13.3. The number of piperidine rings is 1. The van der Waals surface area contributed by atoms with E-state index in [0.29, 0.717) is 17.5 Å². The standard InChI is InChI=1S/C20H31ClN4O3/c1-4-28-16-5-9-20(3,10-6-16)24-11-7-15(8-12-24)23-17-13-14(2)22-19(21)18(17)25(26)27/h13,15-16H,4-12H2,1-3H3,(H,22,23). The SMILES string of the molecule is CCOC1CCC(C)(N2CCC(Nc3cc(C)nc(Cl)c3[N+](=O)[O-])CC2)CC1.